The summed E-state index contributed by atoms with van der Waals surface area (Å²) in [4.78, 5) is 2.31. The molecule has 0 aromatic carbocycles. The number of hydrogen-bond acceptors (Lipinski definition) is 4. The standard InChI is InChI=1S/C10H18N4O/c1-10(15)3-5-14(6-4-10)8-9-7-13(2)12-11-9/h7,15H,3-6,8H2,1-2H3. The highest BCUT2D eigenvalue weighted by Gasteiger charge is 2.27. The highest BCUT2D eigenvalue weighted by molar-refractivity contribution is 4.93. The first-order valence-electron chi connectivity index (χ1n) is 5.35. The molecule has 0 spiro atoms. The van der Waals surface area contributed by atoms with Gasteiger partial charge >= 0.3 is 0 Å². The minimum absolute atomic E-state index is 0.473. The molecular formula is C10H18N4O. The zero-order chi connectivity index (χ0) is 10.9. The number of nitrogens with zero attached hydrogens (tertiary/aromatic N) is 4. The van der Waals surface area contributed by atoms with Crippen molar-refractivity contribution < 1.29 is 5.11 Å². The first kappa shape index (κ1) is 10.6. The summed E-state index contributed by atoms with van der Waals surface area (Å²) in [5, 5.41) is 17.8. The average molecular weight is 210 g/mol. The Morgan fingerprint density at radius 2 is 2.13 bits per heavy atom. The molecule has 2 heterocycles. The minimum Gasteiger partial charge on any atom is -0.390 e. The van der Waals surface area contributed by atoms with Gasteiger partial charge in [0.15, 0.2) is 0 Å². The van der Waals surface area contributed by atoms with Crippen LogP contribution in [0.3, 0.4) is 0 Å². The van der Waals surface area contributed by atoms with Crippen LogP contribution in [-0.4, -0.2) is 43.7 Å². The molecule has 5 heteroatoms. The summed E-state index contributed by atoms with van der Waals surface area (Å²) in [7, 11) is 1.87. The van der Waals surface area contributed by atoms with E-state index >= 15 is 0 Å². The maximum absolute atomic E-state index is 9.80. The minimum atomic E-state index is -0.473. The summed E-state index contributed by atoms with van der Waals surface area (Å²) < 4.78 is 1.72. The first-order valence-corrected chi connectivity index (χ1v) is 5.35. The van der Waals surface area contributed by atoms with Crippen LogP contribution in [-0.2, 0) is 13.6 Å². The van der Waals surface area contributed by atoms with Gasteiger partial charge in [0.25, 0.3) is 0 Å². The molecule has 5 nitrogen and oxygen atoms in total. The number of aliphatic hydroxyl groups is 1. The van der Waals surface area contributed by atoms with Crippen LogP contribution in [0.1, 0.15) is 25.5 Å². The van der Waals surface area contributed by atoms with E-state index in [4.69, 9.17) is 0 Å². The van der Waals surface area contributed by atoms with E-state index in [1.54, 1.807) is 4.68 Å². The maximum Gasteiger partial charge on any atom is 0.0967 e. The largest absolute Gasteiger partial charge is 0.390 e. The van der Waals surface area contributed by atoms with Crippen molar-refractivity contribution in [2.45, 2.75) is 31.9 Å². The van der Waals surface area contributed by atoms with Gasteiger partial charge in [0.2, 0.25) is 0 Å². The molecule has 0 unspecified atom stereocenters. The maximum atomic E-state index is 9.80. The number of rotatable bonds is 2. The fourth-order valence-corrected chi connectivity index (χ4v) is 1.89. The van der Waals surface area contributed by atoms with Gasteiger partial charge in [-0.05, 0) is 19.8 Å². The summed E-state index contributed by atoms with van der Waals surface area (Å²) in [6, 6.07) is 0. The van der Waals surface area contributed by atoms with Crippen LogP contribution in [0.15, 0.2) is 6.20 Å². The Kier molecular flexibility index (Phi) is 2.75. The fourth-order valence-electron chi connectivity index (χ4n) is 1.89. The van der Waals surface area contributed by atoms with Gasteiger partial charge in [-0.1, -0.05) is 5.21 Å². The van der Waals surface area contributed by atoms with Crippen molar-refractivity contribution in [2.24, 2.45) is 7.05 Å². The molecule has 1 aliphatic heterocycles. The summed E-state index contributed by atoms with van der Waals surface area (Å²) in [5.74, 6) is 0. The van der Waals surface area contributed by atoms with Crippen LogP contribution in [0, 0.1) is 0 Å². The highest BCUT2D eigenvalue weighted by atomic mass is 16.3. The van der Waals surface area contributed by atoms with E-state index in [1.165, 1.54) is 0 Å². The number of likely N-dealkylation sites (tertiary alicyclic amines) is 1. The molecule has 0 amide bonds. The summed E-state index contributed by atoms with van der Waals surface area (Å²) in [6.45, 7) is 4.61. The molecule has 1 saturated heterocycles. The SMILES string of the molecule is Cn1cc(CN2CCC(C)(O)CC2)nn1. The molecule has 2 rings (SSSR count). The molecule has 84 valence electrons. The molecule has 0 bridgehead atoms. The Bertz CT molecular complexity index is 324. The smallest absolute Gasteiger partial charge is 0.0967 e. The molecule has 1 aromatic rings. The second-order valence-electron chi connectivity index (χ2n) is 4.66. The Hall–Kier alpha value is -0.940. The predicted molar refractivity (Wildman–Crippen MR) is 56.1 cm³/mol. The molecule has 1 N–H and O–H groups in total. The van der Waals surface area contributed by atoms with E-state index in [0.717, 1.165) is 38.2 Å². The normalized spacial score (nSPS) is 21.8. The van der Waals surface area contributed by atoms with E-state index in [0.29, 0.717) is 0 Å². The van der Waals surface area contributed by atoms with E-state index in [2.05, 4.69) is 15.2 Å². The van der Waals surface area contributed by atoms with Crippen molar-refractivity contribution in [1.82, 2.24) is 19.9 Å². The van der Waals surface area contributed by atoms with Gasteiger partial charge < -0.3 is 5.11 Å². The predicted octanol–water partition coefficient (Wildman–Crippen LogP) is 0.162. The van der Waals surface area contributed by atoms with Crippen molar-refractivity contribution in [3.05, 3.63) is 11.9 Å². The quantitative estimate of drug-likeness (QED) is 0.755. The lowest BCUT2D eigenvalue weighted by molar-refractivity contribution is -0.00758. The molecule has 0 radical (unpaired) electrons. The zero-order valence-electron chi connectivity index (χ0n) is 9.35. The van der Waals surface area contributed by atoms with Gasteiger partial charge in [-0.2, -0.15) is 0 Å². The number of hydrogen-bond donors (Lipinski definition) is 1. The second-order valence-corrected chi connectivity index (χ2v) is 4.66. The van der Waals surface area contributed by atoms with Crippen molar-refractivity contribution in [3.63, 3.8) is 0 Å². The fraction of sp³-hybridized carbons (Fsp3) is 0.800. The second kappa shape index (κ2) is 3.90. The molecule has 1 fully saturated rings. The third-order valence-corrected chi connectivity index (χ3v) is 2.97. The van der Waals surface area contributed by atoms with Crippen molar-refractivity contribution in [2.75, 3.05) is 13.1 Å². The van der Waals surface area contributed by atoms with Crippen LogP contribution in [0.25, 0.3) is 0 Å². The topological polar surface area (TPSA) is 54.2 Å². The molecule has 0 saturated carbocycles. The van der Waals surface area contributed by atoms with E-state index in [-0.39, 0.29) is 0 Å². The third kappa shape index (κ3) is 2.76. The Labute approximate surface area is 89.7 Å². The molecule has 0 atom stereocenters. The third-order valence-electron chi connectivity index (χ3n) is 2.97. The summed E-state index contributed by atoms with van der Waals surface area (Å²) >= 11 is 0. The Morgan fingerprint density at radius 1 is 1.47 bits per heavy atom. The number of piperidine rings is 1. The Balaban J connectivity index is 1.87. The van der Waals surface area contributed by atoms with Gasteiger partial charge in [-0.15, -0.1) is 5.10 Å². The van der Waals surface area contributed by atoms with Crippen LogP contribution in [0.5, 0.6) is 0 Å². The molecule has 1 aliphatic rings. The van der Waals surface area contributed by atoms with Gasteiger partial charge in [0, 0.05) is 32.9 Å². The molecular weight excluding hydrogens is 192 g/mol. The van der Waals surface area contributed by atoms with Gasteiger partial charge in [0.05, 0.1) is 11.3 Å². The lowest BCUT2D eigenvalue weighted by atomic mass is 9.94. The highest BCUT2D eigenvalue weighted by Crippen LogP contribution is 2.21. The van der Waals surface area contributed by atoms with Crippen LogP contribution in [0.4, 0.5) is 0 Å². The summed E-state index contributed by atoms with van der Waals surface area (Å²) in [6.07, 6.45) is 3.62. The van der Waals surface area contributed by atoms with E-state index < -0.39 is 5.60 Å². The van der Waals surface area contributed by atoms with Crippen LogP contribution >= 0.6 is 0 Å². The van der Waals surface area contributed by atoms with Gasteiger partial charge in [-0.3, -0.25) is 9.58 Å². The van der Waals surface area contributed by atoms with Crippen molar-refractivity contribution >= 4 is 0 Å². The van der Waals surface area contributed by atoms with Gasteiger partial charge in [-0.25, -0.2) is 0 Å². The lowest BCUT2D eigenvalue weighted by Gasteiger charge is -2.35. The number of aryl methyl sites for hydroxylation is 1. The van der Waals surface area contributed by atoms with Crippen molar-refractivity contribution in [3.8, 4) is 0 Å². The average Bonchev–Trinajstić information content (AvgIpc) is 2.55. The van der Waals surface area contributed by atoms with Crippen LogP contribution in [0.2, 0.25) is 0 Å². The van der Waals surface area contributed by atoms with Crippen molar-refractivity contribution in [1.29, 1.82) is 0 Å². The zero-order valence-corrected chi connectivity index (χ0v) is 9.35. The summed E-state index contributed by atoms with van der Waals surface area (Å²) in [5.41, 5.74) is 0.526. The van der Waals surface area contributed by atoms with E-state index in [9.17, 15) is 5.11 Å². The van der Waals surface area contributed by atoms with Gasteiger partial charge in [0.1, 0.15) is 0 Å². The van der Waals surface area contributed by atoms with E-state index in [1.807, 2.05) is 20.2 Å². The lowest BCUT2D eigenvalue weighted by Crippen LogP contribution is -2.42. The number of aromatic nitrogens is 3. The molecule has 0 aliphatic carbocycles. The molecule has 15 heavy (non-hydrogen) atoms. The van der Waals surface area contributed by atoms with Crippen LogP contribution < -0.4 is 0 Å². The molecule has 1 aromatic heterocycles. The Morgan fingerprint density at radius 3 is 2.67 bits per heavy atom. The first-order chi connectivity index (χ1) is 7.05. The monoisotopic (exact) mass is 210 g/mol.